The lowest BCUT2D eigenvalue weighted by atomic mass is 10.2. The summed E-state index contributed by atoms with van der Waals surface area (Å²) in [7, 11) is 0. The SMILES string of the molecule is CCC(Oc1cccc(I)c1)(Oc1cccc(I)c1)C(=O)O. The van der Waals surface area contributed by atoms with Gasteiger partial charge in [0.25, 0.3) is 0 Å². The maximum atomic E-state index is 11.8. The number of benzene rings is 2. The number of carbonyl (C=O) groups is 1. The van der Waals surface area contributed by atoms with E-state index in [1.54, 1.807) is 31.2 Å². The van der Waals surface area contributed by atoms with Crippen LogP contribution in [0.2, 0.25) is 0 Å². The lowest BCUT2D eigenvalue weighted by Gasteiger charge is -2.29. The van der Waals surface area contributed by atoms with Gasteiger partial charge in [0.2, 0.25) is 0 Å². The molecule has 2 rings (SSSR count). The minimum absolute atomic E-state index is 0.166. The number of rotatable bonds is 6. The van der Waals surface area contributed by atoms with Crippen LogP contribution >= 0.6 is 45.2 Å². The van der Waals surface area contributed by atoms with E-state index in [0.717, 1.165) is 7.14 Å². The molecular formula is C16H14I2O4. The van der Waals surface area contributed by atoms with Gasteiger partial charge in [-0.05, 0) is 81.6 Å². The molecule has 0 amide bonds. The summed E-state index contributed by atoms with van der Waals surface area (Å²) in [5, 5.41) is 9.63. The second-order valence-electron chi connectivity index (χ2n) is 4.53. The number of hydrogen-bond donors (Lipinski definition) is 1. The van der Waals surface area contributed by atoms with E-state index in [2.05, 4.69) is 45.2 Å². The Morgan fingerprint density at radius 1 is 1.05 bits per heavy atom. The molecule has 0 heterocycles. The van der Waals surface area contributed by atoms with Gasteiger partial charge in [0, 0.05) is 13.6 Å². The molecule has 2 aromatic carbocycles. The molecular weight excluding hydrogens is 510 g/mol. The summed E-state index contributed by atoms with van der Waals surface area (Å²) < 4.78 is 13.3. The Morgan fingerprint density at radius 2 is 1.50 bits per heavy atom. The van der Waals surface area contributed by atoms with E-state index in [0.29, 0.717) is 11.5 Å². The van der Waals surface area contributed by atoms with Crippen molar-refractivity contribution in [3.05, 3.63) is 55.7 Å². The van der Waals surface area contributed by atoms with Crippen molar-refractivity contribution in [1.29, 1.82) is 0 Å². The van der Waals surface area contributed by atoms with Crippen molar-refractivity contribution < 1.29 is 19.4 Å². The Bertz CT molecular complexity index is 625. The Morgan fingerprint density at radius 3 is 1.82 bits per heavy atom. The van der Waals surface area contributed by atoms with Gasteiger partial charge in [-0.3, -0.25) is 0 Å². The van der Waals surface area contributed by atoms with Gasteiger partial charge in [-0.25, -0.2) is 4.79 Å². The van der Waals surface area contributed by atoms with Crippen molar-refractivity contribution in [1.82, 2.24) is 0 Å². The second-order valence-corrected chi connectivity index (χ2v) is 7.02. The van der Waals surface area contributed by atoms with Gasteiger partial charge < -0.3 is 14.6 Å². The average molecular weight is 524 g/mol. The van der Waals surface area contributed by atoms with E-state index in [1.165, 1.54) is 0 Å². The van der Waals surface area contributed by atoms with Crippen molar-refractivity contribution in [2.45, 2.75) is 19.1 Å². The zero-order valence-electron chi connectivity index (χ0n) is 11.8. The number of ether oxygens (including phenoxy) is 2. The summed E-state index contributed by atoms with van der Waals surface area (Å²) in [6.45, 7) is 1.72. The summed E-state index contributed by atoms with van der Waals surface area (Å²) in [5.74, 6) is -1.99. The first-order valence-electron chi connectivity index (χ1n) is 6.58. The molecule has 0 fully saturated rings. The van der Waals surface area contributed by atoms with E-state index < -0.39 is 11.8 Å². The fraction of sp³-hybridized carbons (Fsp3) is 0.188. The molecule has 0 spiro atoms. The van der Waals surface area contributed by atoms with Crippen LogP contribution < -0.4 is 9.47 Å². The quantitative estimate of drug-likeness (QED) is 0.446. The van der Waals surface area contributed by atoms with Gasteiger partial charge in [0.15, 0.2) is 0 Å². The Hall–Kier alpha value is -1.03. The van der Waals surface area contributed by atoms with Crippen molar-refractivity contribution in [2.75, 3.05) is 0 Å². The fourth-order valence-electron chi connectivity index (χ4n) is 1.85. The third kappa shape index (κ3) is 4.25. The highest BCUT2D eigenvalue weighted by Crippen LogP contribution is 2.28. The van der Waals surface area contributed by atoms with Crippen LogP contribution in [0.25, 0.3) is 0 Å². The second kappa shape index (κ2) is 7.49. The molecule has 0 bridgehead atoms. The normalized spacial score (nSPS) is 11.0. The Labute approximate surface area is 156 Å². The lowest BCUT2D eigenvalue weighted by molar-refractivity contribution is -0.186. The molecule has 0 saturated carbocycles. The molecule has 0 atom stereocenters. The van der Waals surface area contributed by atoms with Crippen LogP contribution in [0, 0.1) is 7.14 Å². The lowest BCUT2D eigenvalue weighted by Crippen LogP contribution is -2.49. The Kier molecular flexibility index (Phi) is 5.90. The minimum atomic E-state index is -1.76. The van der Waals surface area contributed by atoms with Crippen LogP contribution in [0.3, 0.4) is 0 Å². The first-order valence-corrected chi connectivity index (χ1v) is 8.73. The number of halogens is 2. The van der Waals surface area contributed by atoms with Crippen molar-refractivity contribution >= 4 is 51.2 Å². The summed E-state index contributed by atoms with van der Waals surface area (Å²) in [6, 6.07) is 14.4. The van der Waals surface area contributed by atoms with Gasteiger partial charge in [0.1, 0.15) is 11.5 Å². The average Bonchev–Trinajstić information content (AvgIpc) is 2.46. The topological polar surface area (TPSA) is 55.8 Å². The van der Waals surface area contributed by atoms with Crippen molar-refractivity contribution in [3.8, 4) is 11.5 Å². The predicted molar refractivity (Wildman–Crippen MR) is 100 cm³/mol. The van der Waals surface area contributed by atoms with Gasteiger partial charge >= 0.3 is 11.8 Å². The molecule has 6 heteroatoms. The van der Waals surface area contributed by atoms with Crippen LogP contribution in [0.4, 0.5) is 0 Å². The summed E-state index contributed by atoms with van der Waals surface area (Å²) >= 11 is 4.29. The van der Waals surface area contributed by atoms with Crippen molar-refractivity contribution in [2.24, 2.45) is 0 Å². The highest BCUT2D eigenvalue weighted by molar-refractivity contribution is 14.1. The van der Waals surface area contributed by atoms with Crippen LogP contribution in [0.15, 0.2) is 48.5 Å². The largest absolute Gasteiger partial charge is 0.475 e. The van der Waals surface area contributed by atoms with Gasteiger partial charge in [0.05, 0.1) is 0 Å². The molecule has 0 aromatic heterocycles. The smallest absolute Gasteiger partial charge is 0.390 e. The van der Waals surface area contributed by atoms with Crippen LogP contribution in [0.5, 0.6) is 11.5 Å². The van der Waals surface area contributed by atoms with E-state index in [9.17, 15) is 9.90 Å². The molecule has 0 aliphatic rings. The minimum Gasteiger partial charge on any atom is -0.475 e. The summed E-state index contributed by atoms with van der Waals surface area (Å²) in [4.78, 5) is 11.8. The third-order valence-corrected chi connectivity index (χ3v) is 4.29. The van der Waals surface area contributed by atoms with Crippen LogP contribution in [0.1, 0.15) is 13.3 Å². The molecule has 116 valence electrons. The molecule has 4 nitrogen and oxygen atoms in total. The van der Waals surface area contributed by atoms with Crippen LogP contribution in [-0.4, -0.2) is 16.9 Å². The maximum absolute atomic E-state index is 11.8. The summed E-state index contributed by atoms with van der Waals surface area (Å²) in [5.41, 5.74) is 0. The van der Waals surface area contributed by atoms with E-state index >= 15 is 0 Å². The molecule has 1 N–H and O–H groups in total. The highest BCUT2D eigenvalue weighted by Gasteiger charge is 2.42. The number of carboxylic acids is 1. The van der Waals surface area contributed by atoms with Crippen molar-refractivity contribution in [3.63, 3.8) is 0 Å². The molecule has 2 aromatic rings. The Balaban J connectivity index is 2.33. The zero-order chi connectivity index (χ0) is 16.2. The summed E-state index contributed by atoms with van der Waals surface area (Å²) in [6.07, 6.45) is 0.166. The number of hydrogen-bond acceptors (Lipinski definition) is 3. The molecule has 0 unspecified atom stereocenters. The fourth-order valence-corrected chi connectivity index (χ4v) is 2.87. The first-order chi connectivity index (χ1) is 10.4. The standard InChI is InChI=1S/C16H14I2O4/c1-2-16(15(19)20,21-13-7-3-5-11(17)9-13)22-14-8-4-6-12(18)10-14/h3-10H,2H2,1H3,(H,19,20). The van der Waals surface area contributed by atoms with Gasteiger partial charge in [-0.15, -0.1) is 0 Å². The maximum Gasteiger partial charge on any atom is 0.390 e. The monoisotopic (exact) mass is 524 g/mol. The van der Waals surface area contributed by atoms with Crippen LogP contribution in [-0.2, 0) is 4.79 Å². The van der Waals surface area contributed by atoms with E-state index in [-0.39, 0.29) is 6.42 Å². The van der Waals surface area contributed by atoms with E-state index in [4.69, 9.17) is 9.47 Å². The van der Waals surface area contributed by atoms with Gasteiger partial charge in [-0.2, -0.15) is 0 Å². The number of carboxylic acid groups (broad SMARTS) is 1. The molecule has 0 aliphatic carbocycles. The zero-order valence-corrected chi connectivity index (χ0v) is 16.1. The first kappa shape index (κ1) is 17.3. The number of aliphatic carboxylic acids is 1. The highest BCUT2D eigenvalue weighted by atomic mass is 127. The molecule has 22 heavy (non-hydrogen) atoms. The molecule has 0 aliphatic heterocycles. The van der Waals surface area contributed by atoms with E-state index in [1.807, 2.05) is 24.3 Å². The third-order valence-electron chi connectivity index (χ3n) is 2.95. The van der Waals surface area contributed by atoms with Gasteiger partial charge in [-0.1, -0.05) is 19.1 Å². The molecule has 0 saturated heterocycles. The predicted octanol–water partition coefficient (Wildman–Crippen LogP) is 4.54. The molecule has 0 radical (unpaired) electrons.